The Hall–Kier alpha value is -1.99. The van der Waals surface area contributed by atoms with E-state index < -0.39 is 4.92 Å². The van der Waals surface area contributed by atoms with Gasteiger partial charge in [0, 0.05) is 44.1 Å². The molecule has 1 heterocycles. The first-order chi connectivity index (χ1) is 11.5. The van der Waals surface area contributed by atoms with Gasteiger partial charge in [0.1, 0.15) is 0 Å². The van der Waals surface area contributed by atoms with Crippen molar-refractivity contribution in [1.82, 2.24) is 4.90 Å². The van der Waals surface area contributed by atoms with Crippen molar-refractivity contribution in [2.75, 3.05) is 38.3 Å². The van der Waals surface area contributed by atoms with Crippen molar-refractivity contribution in [1.29, 1.82) is 0 Å². The summed E-state index contributed by atoms with van der Waals surface area (Å²) >= 11 is 0. The molecule has 0 radical (unpaired) electrons. The summed E-state index contributed by atoms with van der Waals surface area (Å²) in [7, 11) is 1.72. The third kappa shape index (κ3) is 4.10. The van der Waals surface area contributed by atoms with E-state index in [0.29, 0.717) is 24.2 Å². The van der Waals surface area contributed by atoms with E-state index in [4.69, 9.17) is 4.74 Å². The molecule has 1 unspecified atom stereocenters. The Morgan fingerprint density at radius 2 is 2.00 bits per heavy atom. The van der Waals surface area contributed by atoms with Crippen LogP contribution in [-0.4, -0.2) is 55.1 Å². The van der Waals surface area contributed by atoms with E-state index in [1.165, 1.54) is 12.1 Å². The molecule has 1 aromatic rings. The summed E-state index contributed by atoms with van der Waals surface area (Å²) in [5.41, 5.74) is 0.700. The first kappa shape index (κ1) is 16.9. The van der Waals surface area contributed by atoms with Crippen LogP contribution in [0.4, 0.5) is 11.4 Å². The Labute approximate surface area is 141 Å². The van der Waals surface area contributed by atoms with E-state index in [-0.39, 0.29) is 11.6 Å². The van der Waals surface area contributed by atoms with Crippen LogP contribution in [0.1, 0.15) is 19.3 Å². The number of carbonyl (C=O) groups excluding carboxylic acids is 1. The van der Waals surface area contributed by atoms with Gasteiger partial charge in [0.05, 0.1) is 18.1 Å². The molecular formula is C17H23N3O4. The molecule has 0 aromatic heterocycles. The molecule has 1 atom stereocenters. The Kier molecular flexibility index (Phi) is 5.11. The number of nitro benzene ring substituents is 1. The first-order valence-electron chi connectivity index (χ1n) is 8.37. The summed E-state index contributed by atoms with van der Waals surface area (Å²) in [6, 6.07) is 6.59. The van der Waals surface area contributed by atoms with Gasteiger partial charge in [0.15, 0.2) is 0 Å². The molecule has 1 saturated heterocycles. The number of hydrogen-bond acceptors (Lipinski definition) is 5. The van der Waals surface area contributed by atoms with Gasteiger partial charge in [-0.15, -0.1) is 0 Å². The number of non-ortho nitro benzene ring substituents is 1. The highest BCUT2D eigenvalue weighted by Crippen LogP contribution is 2.29. The van der Waals surface area contributed by atoms with Gasteiger partial charge < -0.3 is 9.64 Å². The molecule has 0 N–H and O–H groups in total. The van der Waals surface area contributed by atoms with Crippen LogP contribution in [0.2, 0.25) is 0 Å². The molecule has 0 spiro atoms. The minimum Gasteiger partial charge on any atom is -0.381 e. The molecular weight excluding hydrogens is 310 g/mol. The van der Waals surface area contributed by atoms with E-state index in [9.17, 15) is 14.9 Å². The maximum atomic E-state index is 12.6. The highest BCUT2D eigenvalue weighted by molar-refractivity contribution is 5.94. The SMILES string of the molecule is CN(C(=O)CN(CC1CCOC1)C1CC1)c1ccc([N+](=O)[O-])cc1. The lowest BCUT2D eigenvalue weighted by molar-refractivity contribution is -0.384. The van der Waals surface area contributed by atoms with Crippen molar-refractivity contribution in [3.05, 3.63) is 34.4 Å². The number of nitro groups is 1. The summed E-state index contributed by atoms with van der Waals surface area (Å²) in [5.74, 6) is 0.526. The van der Waals surface area contributed by atoms with Crippen LogP contribution in [0.25, 0.3) is 0 Å². The van der Waals surface area contributed by atoms with Crippen LogP contribution >= 0.6 is 0 Å². The van der Waals surface area contributed by atoms with E-state index >= 15 is 0 Å². The molecule has 2 fully saturated rings. The van der Waals surface area contributed by atoms with Crippen LogP contribution in [-0.2, 0) is 9.53 Å². The van der Waals surface area contributed by atoms with Crippen LogP contribution in [0.15, 0.2) is 24.3 Å². The number of ether oxygens (including phenoxy) is 1. The minimum absolute atomic E-state index is 0.00895. The molecule has 24 heavy (non-hydrogen) atoms. The molecule has 0 bridgehead atoms. The monoisotopic (exact) mass is 333 g/mol. The number of carbonyl (C=O) groups is 1. The second-order valence-electron chi connectivity index (χ2n) is 6.62. The zero-order chi connectivity index (χ0) is 17.1. The van der Waals surface area contributed by atoms with Gasteiger partial charge in [0.2, 0.25) is 5.91 Å². The third-order valence-corrected chi connectivity index (χ3v) is 4.74. The van der Waals surface area contributed by atoms with Crippen LogP contribution in [0.5, 0.6) is 0 Å². The first-order valence-corrected chi connectivity index (χ1v) is 8.37. The lowest BCUT2D eigenvalue weighted by Crippen LogP contribution is -2.41. The fourth-order valence-corrected chi connectivity index (χ4v) is 3.06. The summed E-state index contributed by atoms with van der Waals surface area (Å²) < 4.78 is 5.43. The molecule has 1 saturated carbocycles. The Morgan fingerprint density at radius 1 is 1.29 bits per heavy atom. The fourth-order valence-electron chi connectivity index (χ4n) is 3.06. The van der Waals surface area contributed by atoms with Crippen molar-refractivity contribution >= 4 is 17.3 Å². The molecule has 7 heteroatoms. The number of anilines is 1. The van der Waals surface area contributed by atoms with Crippen molar-refractivity contribution in [2.24, 2.45) is 5.92 Å². The highest BCUT2D eigenvalue weighted by Gasteiger charge is 2.33. The fraction of sp³-hybridized carbons (Fsp3) is 0.588. The molecule has 2 aliphatic rings. The zero-order valence-corrected chi connectivity index (χ0v) is 13.9. The van der Waals surface area contributed by atoms with Crippen LogP contribution in [0.3, 0.4) is 0 Å². The number of rotatable bonds is 7. The molecule has 1 aliphatic carbocycles. The maximum Gasteiger partial charge on any atom is 0.269 e. The minimum atomic E-state index is -0.440. The predicted molar refractivity (Wildman–Crippen MR) is 90.0 cm³/mol. The Morgan fingerprint density at radius 3 is 2.54 bits per heavy atom. The van der Waals surface area contributed by atoms with E-state index in [1.54, 1.807) is 24.1 Å². The third-order valence-electron chi connectivity index (χ3n) is 4.74. The number of hydrogen-bond donors (Lipinski definition) is 0. The van der Waals surface area contributed by atoms with Gasteiger partial charge in [-0.1, -0.05) is 0 Å². The molecule has 1 amide bonds. The summed E-state index contributed by atoms with van der Waals surface area (Å²) in [4.78, 5) is 26.7. The lowest BCUT2D eigenvalue weighted by atomic mass is 10.1. The van der Waals surface area contributed by atoms with E-state index in [1.807, 2.05) is 0 Å². The average Bonchev–Trinajstić information content (AvgIpc) is 3.31. The topological polar surface area (TPSA) is 75.9 Å². The van der Waals surface area contributed by atoms with Crippen LogP contribution < -0.4 is 4.90 Å². The van der Waals surface area contributed by atoms with Gasteiger partial charge in [0.25, 0.3) is 5.69 Å². The van der Waals surface area contributed by atoms with Crippen molar-refractivity contribution < 1.29 is 14.5 Å². The smallest absolute Gasteiger partial charge is 0.269 e. The molecule has 7 nitrogen and oxygen atoms in total. The Balaban J connectivity index is 1.60. The van der Waals surface area contributed by atoms with Gasteiger partial charge in [-0.3, -0.25) is 19.8 Å². The summed E-state index contributed by atoms with van der Waals surface area (Å²) in [6.45, 7) is 2.90. The number of likely N-dealkylation sites (N-methyl/N-ethyl adjacent to an activating group) is 1. The summed E-state index contributed by atoms with van der Waals surface area (Å²) in [5, 5.41) is 10.7. The normalized spacial score (nSPS) is 20.3. The van der Waals surface area contributed by atoms with Gasteiger partial charge in [-0.05, 0) is 37.3 Å². The number of benzene rings is 1. The van der Waals surface area contributed by atoms with Crippen molar-refractivity contribution in [2.45, 2.75) is 25.3 Å². The van der Waals surface area contributed by atoms with Gasteiger partial charge in [-0.2, -0.15) is 0 Å². The predicted octanol–water partition coefficient (Wildman–Crippen LogP) is 2.06. The quantitative estimate of drug-likeness (QED) is 0.564. The second-order valence-corrected chi connectivity index (χ2v) is 6.62. The molecule has 130 valence electrons. The number of amides is 1. The van der Waals surface area contributed by atoms with Crippen LogP contribution in [0, 0.1) is 16.0 Å². The summed E-state index contributed by atoms with van der Waals surface area (Å²) in [6.07, 6.45) is 3.37. The van der Waals surface area contributed by atoms with E-state index in [2.05, 4.69) is 4.90 Å². The highest BCUT2D eigenvalue weighted by atomic mass is 16.6. The zero-order valence-electron chi connectivity index (χ0n) is 13.9. The average molecular weight is 333 g/mol. The van der Waals surface area contributed by atoms with E-state index in [0.717, 1.165) is 39.0 Å². The second kappa shape index (κ2) is 7.27. The molecule has 1 aliphatic heterocycles. The maximum absolute atomic E-state index is 12.6. The molecule has 1 aromatic carbocycles. The lowest BCUT2D eigenvalue weighted by Gasteiger charge is -2.27. The van der Waals surface area contributed by atoms with Crippen molar-refractivity contribution in [3.8, 4) is 0 Å². The molecule has 3 rings (SSSR count). The standard InChI is InChI=1S/C17H23N3O4/c1-18(14-2-6-16(7-3-14)20(22)23)17(21)11-19(15-4-5-15)10-13-8-9-24-12-13/h2-3,6-7,13,15H,4-5,8-12H2,1H3. The van der Waals surface area contributed by atoms with Gasteiger partial charge in [-0.25, -0.2) is 0 Å². The number of nitrogens with zero attached hydrogens (tertiary/aromatic N) is 3. The van der Waals surface area contributed by atoms with Gasteiger partial charge >= 0.3 is 0 Å². The largest absolute Gasteiger partial charge is 0.381 e. The Bertz CT molecular complexity index is 594. The van der Waals surface area contributed by atoms with Crippen molar-refractivity contribution in [3.63, 3.8) is 0 Å².